The molecule has 0 N–H and O–H groups in total. The van der Waals surface area contributed by atoms with Gasteiger partial charge < -0.3 is 4.74 Å². The molecular weight excluding hydrogens is 302 g/mol. The van der Waals surface area contributed by atoms with Gasteiger partial charge in [0.2, 0.25) is 0 Å². The normalized spacial score (nSPS) is 10.6. The maximum Gasteiger partial charge on any atom is 0.160 e. The first kappa shape index (κ1) is 12.2. The van der Waals surface area contributed by atoms with Gasteiger partial charge in [-0.1, -0.05) is 42.5 Å². The lowest BCUT2D eigenvalue weighted by Gasteiger charge is -2.10. The molecule has 3 heteroatoms. The third kappa shape index (κ3) is 2.61. The molecule has 0 unspecified atom stereocenters. The molecule has 0 radical (unpaired) electrons. The Balaban J connectivity index is 1.94. The zero-order valence-corrected chi connectivity index (χ0v) is 11.8. The van der Waals surface area contributed by atoms with Gasteiger partial charge in [0.25, 0.3) is 0 Å². The second-order valence-corrected chi connectivity index (χ2v) is 5.08. The average molecular weight is 314 g/mol. The first-order valence-electron chi connectivity index (χ1n) is 6.04. The van der Waals surface area contributed by atoms with Crippen LogP contribution in [0.15, 0.2) is 65.3 Å². The summed E-state index contributed by atoms with van der Waals surface area (Å²) in [6.45, 7) is 0.537. The van der Waals surface area contributed by atoms with Crippen molar-refractivity contribution in [1.29, 1.82) is 0 Å². The highest BCUT2D eigenvalue weighted by Crippen LogP contribution is 2.32. The molecule has 0 aliphatic carbocycles. The van der Waals surface area contributed by atoms with Gasteiger partial charge in [-0.25, -0.2) is 0 Å². The van der Waals surface area contributed by atoms with Crippen LogP contribution in [0.4, 0.5) is 0 Å². The third-order valence-corrected chi connectivity index (χ3v) is 3.53. The Labute approximate surface area is 120 Å². The molecule has 0 aliphatic heterocycles. The lowest BCUT2D eigenvalue weighted by Crippen LogP contribution is -1.97. The number of pyridine rings is 1. The van der Waals surface area contributed by atoms with E-state index in [2.05, 4.69) is 20.9 Å². The van der Waals surface area contributed by atoms with E-state index in [9.17, 15) is 0 Å². The SMILES string of the molecule is Brc1ccc2cccnc2c1OCc1ccccc1. The molecule has 0 saturated carbocycles. The fraction of sp³-hybridized carbons (Fsp3) is 0.0625. The van der Waals surface area contributed by atoms with Gasteiger partial charge in [-0.3, -0.25) is 4.98 Å². The lowest BCUT2D eigenvalue weighted by molar-refractivity contribution is 0.307. The number of hydrogen-bond acceptors (Lipinski definition) is 2. The molecule has 3 aromatic rings. The Hall–Kier alpha value is -1.87. The van der Waals surface area contributed by atoms with Crippen molar-refractivity contribution in [3.05, 3.63) is 70.8 Å². The van der Waals surface area contributed by atoms with Crippen LogP contribution in [0.5, 0.6) is 5.75 Å². The number of aromatic nitrogens is 1. The van der Waals surface area contributed by atoms with Gasteiger partial charge in [0.15, 0.2) is 5.75 Å². The zero-order valence-electron chi connectivity index (χ0n) is 10.2. The maximum atomic E-state index is 5.93. The van der Waals surface area contributed by atoms with Gasteiger partial charge in [-0.05, 0) is 33.6 Å². The summed E-state index contributed by atoms with van der Waals surface area (Å²) in [6.07, 6.45) is 1.78. The molecular formula is C16H12BrNO. The van der Waals surface area contributed by atoms with Crippen LogP contribution in [0.1, 0.15) is 5.56 Å². The first-order chi connectivity index (χ1) is 9.34. The number of nitrogens with zero attached hydrogens (tertiary/aromatic N) is 1. The van der Waals surface area contributed by atoms with E-state index in [1.165, 1.54) is 0 Å². The summed E-state index contributed by atoms with van der Waals surface area (Å²) in [5.41, 5.74) is 2.02. The molecule has 19 heavy (non-hydrogen) atoms. The summed E-state index contributed by atoms with van der Waals surface area (Å²) >= 11 is 3.53. The second kappa shape index (κ2) is 5.41. The van der Waals surface area contributed by atoms with Gasteiger partial charge in [-0.2, -0.15) is 0 Å². The first-order valence-corrected chi connectivity index (χ1v) is 6.84. The maximum absolute atomic E-state index is 5.93. The minimum absolute atomic E-state index is 0.537. The Morgan fingerprint density at radius 3 is 2.63 bits per heavy atom. The second-order valence-electron chi connectivity index (χ2n) is 4.23. The predicted molar refractivity (Wildman–Crippen MR) is 80.2 cm³/mol. The van der Waals surface area contributed by atoms with Crippen molar-refractivity contribution in [1.82, 2.24) is 4.98 Å². The summed E-state index contributed by atoms with van der Waals surface area (Å²) in [5, 5.41) is 1.08. The van der Waals surface area contributed by atoms with Crippen LogP contribution < -0.4 is 4.74 Å². The summed E-state index contributed by atoms with van der Waals surface area (Å²) in [4.78, 5) is 4.40. The Morgan fingerprint density at radius 2 is 1.79 bits per heavy atom. The standard InChI is InChI=1S/C16H12BrNO/c17-14-9-8-13-7-4-10-18-15(13)16(14)19-11-12-5-2-1-3-6-12/h1-10H,11H2. The zero-order chi connectivity index (χ0) is 13.1. The van der Waals surface area contributed by atoms with E-state index in [0.29, 0.717) is 6.61 Å². The molecule has 0 amide bonds. The molecule has 0 fully saturated rings. The van der Waals surface area contributed by atoms with E-state index in [1.54, 1.807) is 6.20 Å². The van der Waals surface area contributed by atoms with Crippen molar-refractivity contribution in [2.75, 3.05) is 0 Å². The molecule has 0 saturated heterocycles. The van der Waals surface area contributed by atoms with Crippen LogP contribution in [-0.2, 0) is 6.61 Å². The fourth-order valence-corrected chi connectivity index (χ4v) is 2.40. The molecule has 3 rings (SSSR count). The van der Waals surface area contributed by atoms with Gasteiger partial charge in [0.1, 0.15) is 12.1 Å². The molecule has 0 aliphatic rings. The van der Waals surface area contributed by atoms with Gasteiger partial charge in [0, 0.05) is 11.6 Å². The monoisotopic (exact) mass is 313 g/mol. The van der Waals surface area contributed by atoms with E-state index in [0.717, 1.165) is 26.7 Å². The average Bonchev–Trinajstić information content (AvgIpc) is 2.47. The minimum atomic E-state index is 0.537. The molecule has 0 bridgehead atoms. The number of fused-ring (bicyclic) bond motifs is 1. The Morgan fingerprint density at radius 1 is 0.947 bits per heavy atom. The van der Waals surface area contributed by atoms with Crippen molar-refractivity contribution in [2.24, 2.45) is 0 Å². The summed E-state index contributed by atoms with van der Waals surface area (Å²) < 4.78 is 6.85. The smallest absolute Gasteiger partial charge is 0.160 e. The van der Waals surface area contributed by atoms with Crippen LogP contribution in [-0.4, -0.2) is 4.98 Å². The van der Waals surface area contributed by atoms with Gasteiger partial charge >= 0.3 is 0 Å². The largest absolute Gasteiger partial charge is 0.485 e. The van der Waals surface area contributed by atoms with Gasteiger partial charge in [0.05, 0.1) is 4.47 Å². The van der Waals surface area contributed by atoms with E-state index < -0.39 is 0 Å². The van der Waals surface area contributed by atoms with E-state index in [-0.39, 0.29) is 0 Å². The van der Waals surface area contributed by atoms with E-state index in [1.807, 2.05) is 54.6 Å². The number of rotatable bonds is 3. The molecule has 1 heterocycles. The molecule has 0 atom stereocenters. The van der Waals surface area contributed by atoms with Crippen molar-refractivity contribution < 1.29 is 4.74 Å². The number of hydrogen-bond donors (Lipinski definition) is 0. The minimum Gasteiger partial charge on any atom is -0.485 e. The Kier molecular flexibility index (Phi) is 3.47. The van der Waals surface area contributed by atoms with Crippen molar-refractivity contribution in [2.45, 2.75) is 6.61 Å². The predicted octanol–water partition coefficient (Wildman–Crippen LogP) is 4.58. The van der Waals surface area contributed by atoms with Crippen LogP contribution in [0.3, 0.4) is 0 Å². The highest BCUT2D eigenvalue weighted by Gasteiger charge is 2.08. The van der Waals surface area contributed by atoms with Crippen molar-refractivity contribution >= 4 is 26.8 Å². The van der Waals surface area contributed by atoms with Crippen LogP contribution in [0, 0.1) is 0 Å². The molecule has 1 aromatic heterocycles. The molecule has 2 nitrogen and oxygen atoms in total. The Bertz CT molecular complexity index is 697. The van der Waals surface area contributed by atoms with E-state index in [4.69, 9.17) is 4.74 Å². The van der Waals surface area contributed by atoms with Crippen molar-refractivity contribution in [3.63, 3.8) is 0 Å². The number of ether oxygens (including phenoxy) is 1. The molecule has 94 valence electrons. The summed E-state index contributed by atoms with van der Waals surface area (Å²) in [7, 11) is 0. The lowest BCUT2D eigenvalue weighted by atomic mass is 10.2. The van der Waals surface area contributed by atoms with Crippen LogP contribution >= 0.6 is 15.9 Å². The quantitative estimate of drug-likeness (QED) is 0.706. The summed E-state index contributed by atoms with van der Waals surface area (Å²) in [6, 6.07) is 18.1. The number of benzene rings is 2. The molecule has 0 spiro atoms. The van der Waals surface area contributed by atoms with Crippen LogP contribution in [0.2, 0.25) is 0 Å². The third-order valence-electron chi connectivity index (χ3n) is 2.91. The highest BCUT2D eigenvalue weighted by molar-refractivity contribution is 9.10. The topological polar surface area (TPSA) is 22.1 Å². The van der Waals surface area contributed by atoms with Crippen LogP contribution in [0.25, 0.3) is 10.9 Å². The molecule has 2 aromatic carbocycles. The highest BCUT2D eigenvalue weighted by atomic mass is 79.9. The summed E-state index contributed by atoms with van der Waals surface area (Å²) in [5.74, 6) is 0.793. The number of halogens is 1. The van der Waals surface area contributed by atoms with E-state index >= 15 is 0 Å². The van der Waals surface area contributed by atoms with Crippen molar-refractivity contribution in [3.8, 4) is 5.75 Å². The fourth-order valence-electron chi connectivity index (χ4n) is 1.96. The van der Waals surface area contributed by atoms with Gasteiger partial charge in [-0.15, -0.1) is 0 Å².